The summed E-state index contributed by atoms with van der Waals surface area (Å²) in [6, 6.07) is 0. The van der Waals surface area contributed by atoms with E-state index in [9.17, 15) is 4.79 Å². The zero-order chi connectivity index (χ0) is 8.10. The minimum Gasteiger partial charge on any atom is -0.472 e. The highest BCUT2D eigenvalue weighted by atomic mass is 32.2. The maximum Gasteiger partial charge on any atom is 0.381 e. The Morgan fingerprint density at radius 2 is 2.55 bits per heavy atom. The number of carboxylic acids is 1. The van der Waals surface area contributed by atoms with Crippen molar-refractivity contribution in [2.75, 3.05) is 5.75 Å². The highest BCUT2D eigenvalue weighted by molar-refractivity contribution is 8.00. The van der Waals surface area contributed by atoms with Gasteiger partial charge in [-0.25, -0.2) is 4.79 Å². The topological polar surface area (TPSA) is 37.3 Å². The molecule has 0 aliphatic carbocycles. The van der Waals surface area contributed by atoms with Crippen LogP contribution in [0.1, 0.15) is 19.3 Å². The van der Waals surface area contributed by atoms with Crippen molar-refractivity contribution in [2.24, 2.45) is 0 Å². The van der Waals surface area contributed by atoms with Gasteiger partial charge in [0.25, 0.3) is 0 Å². The van der Waals surface area contributed by atoms with Crippen molar-refractivity contribution in [2.45, 2.75) is 24.5 Å². The van der Waals surface area contributed by atoms with Crippen LogP contribution in [-0.4, -0.2) is 22.1 Å². The highest BCUT2D eigenvalue weighted by Crippen LogP contribution is 2.27. The van der Waals surface area contributed by atoms with Crippen LogP contribution in [0.25, 0.3) is 0 Å². The molecular weight excluding hydrogens is 160 g/mol. The molecule has 3 heteroatoms. The van der Waals surface area contributed by atoms with E-state index in [-0.39, 0.29) is 0 Å². The molecule has 1 heterocycles. The van der Waals surface area contributed by atoms with Gasteiger partial charge in [-0.3, -0.25) is 0 Å². The molecular formula is C8H10O2S. The minimum atomic E-state index is -1.02. The van der Waals surface area contributed by atoms with E-state index in [1.54, 1.807) is 0 Å². The van der Waals surface area contributed by atoms with Crippen molar-refractivity contribution in [3.8, 4) is 11.8 Å². The smallest absolute Gasteiger partial charge is 0.381 e. The van der Waals surface area contributed by atoms with Gasteiger partial charge >= 0.3 is 5.97 Å². The first-order valence-corrected chi connectivity index (χ1v) is 4.67. The second kappa shape index (κ2) is 4.30. The van der Waals surface area contributed by atoms with Gasteiger partial charge in [0.2, 0.25) is 0 Å². The molecule has 0 bridgehead atoms. The van der Waals surface area contributed by atoms with E-state index in [4.69, 9.17) is 5.11 Å². The third-order valence-corrected chi connectivity index (χ3v) is 2.95. The molecule has 0 aromatic heterocycles. The molecule has 0 aromatic carbocycles. The van der Waals surface area contributed by atoms with Gasteiger partial charge in [0.15, 0.2) is 0 Å². The highest BCUT2D eigenvalue weighted by Gasteiger charge is 2.13. The molecule has 0 spiro atoms. The zero-order valence-corrected chi connectivity index (χ0v) is 6.99. The number of hydrogen-bond acceptors (Lipinski definition) is 2. The number of hydrogen-bond donors (Lipinski definition) is 1. The van der Waals surface area contributed by atoms with Crippen molar-refractivity contribution in [1.82, 2.24) is 0 Å². The molecule has 1 aliphatic heterocycles. The maximum absolute atomic E-state index is 9.99. The van der Waals surface area contributed by atoms with E-state index in [0.29, 0.717) is 5.25 Å². The van der Waals surface area contributed by atoms with Gasteiger partial charge in [-0.05, 0) is 18.6 Å². The molecule has 11 heavy (non-hydrogen) atoms. The van der Waals surface area contributed by atoms with E-state index in [2.05, 4.69) is 11.8 Å². The van der Waals surface area contributed by atoms with Crippen LogP contribution in [0.3, 0.4) is 0 Å². The van der Waals surface area contributed by atoms with E-state index in [0.717, 1.165) is 6.42 Å². The first kappa shape index (κ1) is 8.48. The Bertz CT molecular complexity index is 196. The first-order chi connectivity index (χ1) is 5.29. The average Bonchev–Trinajstić information content (AvgIpc) is 2.39. The summed E-state index contributed by atoms with van der Waals surface area (Å²) in [5.74, 6) is 4.97. The number of carboxylic acid groups (broad SMARTS) is 1. The quantitative estimate of drug-likeness (QED) is 0.604. The molecule has 1 atom stereocenters. The summed E-state index contributed by atoms with van der Waals surface area (Å²) in [7, 11) is 0. The fourth-order valence-corrected chi connectivity index (χ4v) is 2.25. The molecule has 0 amide bonds. The van der Waals surface area contributed by atoms with Crippen LogP contribution < -0.4 is 0 Å². The van der Waals surface area contributed by atoms with E-state index >= 15 is 0 Å². The van der Waals surface area contributed by atoms with Crippen LogP contribution in [0, 0.1) is 11.8 Å². The Morgan fingerprint density at radius 1 is 1.73 bits per heavy atom. The van der Waals surface area contributed by atoms with Crippen molar-refractivity contribution < 1.29 is 9.90 Å². The maximum atomic E-state index is 9.99. The van der Waals surface area contributed by atoms with Gasteiger partial charge in [-0.15, -0.1) is 0 Å². The predicted octanol–water partition coefficient (Wildman–Crippen LogP) is 1.36. The lowest BCUT2D eigenvalue weighted by molar-refractivity contribution is -0.130. The Hall–Kier alpha value is -0.620. The number of aliphatic carboxylic acids is 1. The van der Waals surface area contributed by atoms with Crippen LogP contribution in [0.4, 0.5) is 0 Å². The second-order valence-corrected chi connectivity index (χ2v) is 3.85. The van der Waals surface area contributed by atoms with Crippen LogP contribution in [-0.2, 0) is 4.79 Å². The van der Waals surface area contributed by atoms with Crippen LogP contribution in [0.5, 0.6) is 0 Å². The average molecular weight is 170 g/mol. The van der Waals surface area contributed by atoms with E-state index < -0.39 is 5.97 Å². The molecule has 1 fully saturated rings. The third-order valence-electron chi connectivity index (χ3n) is 1.55. The summed E-state index contributed by atoms with van der Waals surface area (Å²) in [4.78, 5) is 9.99. The van der Waals surface area contributed by atoms with Gasteiger partial charge in [0, 0.05) is 17.6 Å². The summed E-state index contributed by atoms with van der Waals surface area (Å²) in [5, 5.41) is 8.79. The van der Waals surface area contributed by atoms with Crippen LogP contribution in [0.15, 0.2) is 0 Å². The number of carbonyl (C=O) groups is 1. The predicted molar refractivity (Wildman–Crippen MR) is 45.5 cm³/mol. The Kier molecular flexibility index (Phi) is 3.31. The summed E-state index contributed by atoms with van der Waals surface area (Å²) in [6.07, 6.45) is 3.18. The lowest BCUT2D eigenvalue weighted by Gasteiger charge is -1.99. The lowest BCUT2D eigenvalue weighted by atomic mass is 10.2. The van der Waals surface area contributed by atoms with E-state index in [1.165, 1.54) is 18.6 Å². The first-order valence-electron chi connectivity index (χ1n) is 3.62. The normalized spacial score (nSPS) is 22.4. The minimum absolute atomic E-state index is 0.585. The molecule has 60 valence electrons. The molecule has 0 radical (unpaired) electrons. The van der Waals surface area contributed by atoms with Crippen molar-refractivity contribution in [3.05, 3.63) is 0 Å². The third kappa shape index (κ3) is 3.33. The molecule has 1 unspecified atom stereocenters. The fraction of sp³-hybridized carbons (Fsp3) is 0.625. The molecule has 1 aliphatic rings. The Labute approximate surface area is 70.4 Å². The molecule has 1 rings (SSSR count). The van der Waals surface area contributed by atoms with Crippen LogP contribution >= 0.6 is 11.8 Å². The Morgan fingerprint density at radius 3 is 3.09 bits per heavy atom. The van der Waals surface area contributed by atoms with Crippen LogP contribution in [0.2, 0.25) is 0 Å². The molecule has 1 saturated heterocycles. The van der Waals surface area contributed by atoms with Gasteiger partial charge in [-0.2, -0.15) is 11.8 Å². The monoisotopic (exact) mass is 170 g/mol. The lowest BCUT2D eigenvalue weighted by Crippen LogP contribution is -1.94. The largest absolute Gasteiger partial charge is 0.472 e. The summed E-state index contributed by atoms with van der Waals surface area (Å²) in [5.41, 5.74) is 0. The number of thioether (sulfide) groups is 1. The standard InChI is InChI=1S/C8H10O2S/c9-8(10)5-1-3-7-4-2-6-11-7/h7H,2-4,6H2,(H,9,10). The van der Waals surface area contributed by atoms with Gasteiger partial charge in [0.05, 0.1) is 0 Å². The molecule has 1 N–H and O–H groups in total. The SMILES string of the molecule is O=C(O)C#CCC1CCCS1. The van der Waals surface area contributed by atoms with Gasteiger partial charge in [0.1, 0.15) is 0 Å². The second-order valence-electron chi connectivity index (χ2n) is 2.45. The van der Waals surface area contributed by atoms with Crippen molar-refractivity contribution >= 4 is 17.7 Å². The fourth-order valence-electron chi connectivity index (χ4n) is 1.05. The number of rotatable bonds is 1. The molecule has 0 aromatic rings. The van der Waals surface area contributed by atoms with Crippen molar-refractivity contribution in [1.29, 1.82) is 0 Å². The molecule has 2 nitrogen and oxygen atoms in total. The van der Waals surface area contributed by atoms with Gasteiger partial charge in [-0.1, -0.05) is 5.92 Å². The zero-order valence-electron chi connectivity index (χ0n) is 6.17. The molecule has 0 saturated carbocycles. The Balaban J connectivity index is 2.22. The van der Waals surface area contributed by atoms with Crippen molar-refractivity contribution in [3.63, 3.8) is 0 Å². The summed E-state index contributed by atoms with van der Waals surface area (Å²) >= 11 is 1.90. The summed E-state index contributed by atoms with van der Waals surface area (Å²) < 4.78 is 0. The summed E-state index contributed by atoms with van der Waals surface area (Å²) in [6.45, 7) is 0. The van der Waals surface area contributed by atoms with E-state index in [1.807, 2.05) is 11.8 Å². The van der Waals surface area contributed by atoms with Gasteiger partial charge < -0.3 is 5.11 Å².